The van der Waals surface area contributed by atoms with Crippen LogP contribution in [0.15, 0.2) is 18.5 Å². The van der Waals surface area contributed by atoms with Crippen molar-refractivity contribution < 1.29 is 9.18 Å². The molecule has 0 amide bonds. The van der Waals surface area contributed by atoms with E-state index in [2.05, 4.69) is 4.98 Å². The first-order valence-electron chi connectivity index (χ1n) is 5.20. The molecule has 1 rings (SSSR count). The van der Waals surface area contributed by atoms with Gasteiger partial charge in [0.05, 0.1) is 11.8 Å². The molecular weight excluding hydrogens is 207 g/mol. The third kappa shape index (κ3) is 3.10. The second-order valence-corrected chi connectivity index (χ2v) is 4.96. The predicted molar refractivity (Wildman–Crippen MR) is 60.6 cm³/mol. The lowest BCUT2D eigenvalue weighted by Crippen LogP contribution is -2.37. The number of ketones is 1. The number of hydrogen-bond donors (Lipinski definition) is 1. The number of rotatable bonds is 3. The maximum absolute atomic E-state index is 13.3. The van der Waals surface area contributed by atoms with Crippen LogP contribution in [0.4, 0.5) is 4.39 Å². The van der Waals surface area contributed by atoms with Crippen molar-refractivity contribution in [3.63, 3.8) is 0 Å². The first kappa shape index (κ1) is 12.8. The largest absolute Gasteiger partial charge is 0.327 e. The molecule has 1 aromatic rings. The maximum Gasteiger partial charge on any atom is 0.167 e. The maximum atomic E-state index is 13.3. The van der Waals surface area contributed by atoms with Crippen molar-refractivity contribution in [2.24, 2.45) is 11.1 Å². The van der Waals surface area contributed by atoms with Crippen LogP contribution < -0.4 is 5.73 Å². The average molecular weight is 224 g/mol. The summed E-state index contributed by atoms with van der Waals surface area (Å²) in [6, 6.07) is 1.10. The zero-order valence-corrected chi connectivity index (χ0v) is 9.83. The number of nitrogens with two attached hydrogens (primary N) is 1. The molecule has 1 unspecified atom stereocenters. The lowest BCUT2D eigenvalue weighted by atomic mass is 9.84. The van der Waals surface area contributed by atoms with Gasteiger partial charge in [-0.25, -0.2) is 4.39 Å². The lowest BCUT2D eigenvalue weighted by molar-refractivity contribution is 0.0949. The van der Waals surface area contributed by atoms with Gasteiger partial charge in [-0.15, -0.1) is 0 Å². The molecule has 0 bridgehead atoms. The van der Waals surface area contributed by atoms with Crippen LogP contribution >= 0.6 is 0 Å². The zero-order chi connectivity index (χ0) is 12.3. The summed E-state index contributed by atoms with van der Waals surface area (Å²) in [4.78, 5) is 15.4. The van der Waals surface area contributed by atoms with Gasteiger partial charge in [0.15, 0.2) is 11.6 Å². The number of carbonyl (C=O) groups excluding carboxylic acids is 1. The Morgan fingerprint density at radius 3 is 2.69 bits per heavy atom. The molecule has 0 aliphatic rings. The number of pyridine rings is 1. The van der Waals surface area contributed by atoms with Gasteiger partial charge >= 0.3 is 0 Å². The molecule has 88 valence electrons. The van der Waals surface area contributed by atoms with Gasteiger partial charge < -0.3 is 5.73 Å². The van der Waals surface area contributed by atoms with Gasteiger partial charge in [-0.05, 0) is 11.5 Å². The van der Waals surface area contributed by atoms with E-state index in [-0.39, 0.29) is 29.2 Å². The van der Waals surface area contributed by atoms with Crippen LogP contribution in [-0.4, -0.2) is 16.8 Å². The Bertz CT molecular complexity index is 385. The van der Waals surface area contributed by atoms with Crippen LogP contribution in [0, 0.1) is 11.2 Å². The minimum atomic E-state index is -0.589. The van der Waals surface area contributed by atoms with Crippen molar-refractivity contribution >= 4 is 5.78 Å². The Labute approximate surface area is 94.9 Å². The summed E-state index contributed by atoms with van der Waals surface area (Å²) in [6.07, 6.45) is 2.58. The highest BCUT2D eigenvalue weighted by Crippen LogP contribution is 2.21. The summed E-state index contributed by atoms with van der Waals surface area (Å²) in [5, 5.41) is 0. The molecule has 2 N–H and O–H groups in total. The van der Waals surface area contributed by atoms with Crippen LogP contribution in [0.1, 0.15) is 37.6 Å². The van der Waals surface area contributed by atoms with E-state index in [1.165, 1.54) is 12.3 Å². The Kier molecular flexibility index (Phi) is 3.75. The van der Waals surface area contributed by atoms with Crippen LogP contribution in [0.3, 0.4) is 0 Å². The molecule has 0 aliphatic carbocycles. The molecular formula is C12H17FN2O. The van der Waals surface area contributed by atoms with E-state index in [0.717, 1.165) is 6.20 Å². The number of aromatic nitrogens is 1. The highest BCUT2D eigenvalue weighted by molar-refractivity contribution is 5.96. The van der Waals surface area contributed by atoms with Crippen molar-refractivity contribution in [3.8, 4) is 0 Å². The van der Waals surface area contributed by atoms with Gasteiger partial charge in [-0.1, -0.05) is 20.8 Å². The van der Waals surface area contributed by atoms with E-state index in [1.54, 1.807) is 0 Å². The number of carbonyl (C=O) groups is 1. The number of hydrogen-bond acceptors (Lipinski definition) is 3. The molecule has 0 radical (unpaired) electrons. The summed E-state index contributed by atoms with van der Waals surface area (Å²) < 4.78 is 13.3. The quantitative estimate of drug-likeness (QED) is 0.800. The fourth-order valence-electron chi connectivity index (χ4n) is 1.22. The molecule has 1 heterocycles. The Morgan fingerprint density at radius 2 is 2.19 bits per heavy atom. The highest BCUT2D eigenvalue weighted by Gasteiger charge is 2.24. The monoisotopic (exact) mass is 224 g/mol. The van der Waals surface area contributed by atoms with E-state index < -0.39 is 5.82 Å². The van der Waals surface area contributed by atoms with Gasteiger partial charge in [0.2, 0.25) is 0 Å². The third-order valence-electron chi connectivity index (χ3n) is 2.59. The van der Waals surface area contributed by atoms with Gasteiger partial charge in [-0.2, -0.15) is 0 Å². The first-order chi connectivity index (χ1) is 7.32. The van der Waals surface area contributed by atoms with Crippen molar-refractivity contribution in [2.45, 2.75) is 33.2 Å². The fourth-order valence-corrected chi connectivity index (χ4v) is 1.22. The summed E-state index contributed by atoms with van der Waals surface area (Å²) >= 11 is 0. The van der Waals surface area contributed by atoms with Crippen LogP contribution in [0.5, 0.6) is 0 Å². The normalized spacial score (nSPS) is 13.6. The molecule has 3 nitrogen and oxygen atoms in total. The molecule has 0 aliphatic heterocycles. The average Bonchev–Trinajstić information content (AvgIpc) is 2.16. The molecule has 0 spiro atoms. The minimum absolute atomic E-state index is 0.0645. The SMILES string of the molecule is CC(C)(C)C(N)CC(=O)c1ccncc1F. The Morgan fingerprint density at radius 1 is 1.56 bits per heavy atom. The van der Waals surface area contributed by atoms with Crippen molar-refractivity contribution in [3.05, 3.63) is 29.8 Å². The highest BCUT2D eigenvalue weighted by atomic mass is 19.1. The molecule has 16 heavy (non-hydrogen) atoms. The molecule has 0 saturated carbocycles. The van der Waals surface area contributed by atoms with Crippen molar-refractivity contribution in [2.75, 3.05) is 0 Å². The van der Waals surface area contributed by atoms with E-state index in [0.29, 0.717) is 0 Å². The molecule has 0 saturated heterocycles. The molecule has 1 atom stereocenters. The molecule has 0 fully saturated rings. The summed E-state index contributed by atoms with van der Waals surface area (Å²) in [5.74, 6) is -0.865. The van der Waals surface area contributed by atoms with E-state index >= 15 is 0 Å². The van der Waals surface area contributed by atoms with E-state index in [9.17, 15) is 9.18 Å². The van der Waals surface area contributed by atoms with Crippen molar-refractivity contribution in [1.82, 2.24) is 4.98 Å². The van der Waals surface area contributed by atoms with Gasteiger partial charge in [0.25, 0.3) is 0 Å². The lowest BCUT2D eigenvalue weighted by Gasteiger charge is -2.26. The predicted octanol–water partition coefficient (Wildman–Crippen LogP) is 2.17. The van der Waals surface area contributed by atoms with Gasteiger partial charge in [0.1, 0.15) is 0 Å². The zero-order valence-electron chi connectivity index (χ0n) is 9.83. The number of nitrogens with zero attached hydrogens (tertiary/aromatic N) is 1. The Balaban J connectivity index is 2.78. The van der Waals surface area contributed by atoms with Gasteiger partial charge in [-0.3, -0.25) is 9.78 Å². The summed E-state index contributed by atoms with van der Waals surface area (Å²) in [5.41, 5.74) is 5.78. The topological polar surface area (TPSA) is 56.0 Å². The summed E-state index contributed by atoms with van der Waals surface area (Å²) in [6.45, 7) is 5.86. The second-order valence-electron chi connectivity index (χ2n) is 4.96. The van der Waals surface area contributed by atoms with Gasteiger partial charge in [0, 0.05) is 18.7 Å². The molecule has 1 aromatic heterocycles. The smallest absolute Gasteiger partial charge is 0.167 e. The minimum Gasteiger partial charge on any atom is -0.327 e. The van der Waals surface area contributed by atoms with E-state index in [4.69, 9.17) is 5.73 Å². The standard InChI is InChI=1S/C12H17FN2O/c1-12(2,3)11(14)6-10(16)8-4-5-15-7-9(8)13/h4-5,7,11H,6,14H2,1-3H3. The Hall–Kier alpha value is -1.29. The number of halogens is 1. The molecule has 0 aromatic carbocycles. The van der Waals surface area contributed by atoms with Crippen LogP contribution in [-0.2, 0) is 0 Å². The van der Waals surface area contributed by atoms with Crippen LogP contribution in [0.25, 0.3) is 0 Å². The number of Topliss-reactive ketones (excluding diaryl/α,β-unsaturated/α-hetero) is 1. The summed E-state index contributed by atoms with van der Waals surface area (Å²) in [7, 11) is 0. The van der Waals surface area contributed by atoms with E-state index in [1.807, 2.05) is 20.8 Å². The van der Waals surface area contributed by atoms with Crippen molar-refractivity contribution in [1.29, 1.82) is 0 Å². The fraction of sp³-hybridized carbons (Fsp3) is 0.500. The molecule has 4 heteroatoms. The third-order valence-corrected chi connectivity index (χ3v) is 2.59. The second kappa shape index (κ2) is 4.70. The first-order valence-corrected chi connectivity index (χ1v) is 5.20. The van der Waals surface area contributed by atoms with Crippen LogP contribution in [0.2, 0.25) is 0 Å².